The maximum absolute atomic E-state index is 13.1. The third kappa shape index (κ3) is 5.33. The molecule has 1 N–H and O–H groups in total. The third-order valence-corrected chi connectivity index (χ3v) is 7.30. The van der Waals surface area contributed by atoms with E-state index in [2.05, 4.69) is 17.0 Å². The maximum Gasteiger partial charge on any atom is 0.335 e. The molecule has 3 heterocycles. The minimum absolute atomic E-state index is 0.115. The highest BCUT2D eigenvalue weighted by Crippen LogP contribution is 2.35. The van der Waals surface area contributed by atoms with Crippen LogP contribution in [0.5, 0.6) is 0 Å². The largest absolute Gasteiger partial charge is 0.478 e. The fourth-order valence-electron chi connectivity index (χ4n) is 4.32. The highest BCUT2D eigenvalue weighted by atomic mass is 32.2. The zero-order chi connectivity index (χ0) is 25.9. The Balaban J connectivity index is 1.35. The Morgan fingerprint density at radius 2 is 1.86 bits per heavy atom. The summed E-state index contributed by atoms with van der Waals surface area (Å²) in [6.45, 7) is 7.48. The van der Waals surface area contributed by atoms with Gasteiger partial charge in [0.05, 0.1) is 29.4 Å². The number of aryl methyl sites for hydroxylation is 1. The number of ether oxygens (including phenoxy) is 1. The van der Waals surface area contributed by atoms with Gasteiger partial charge >= 0.3 is 5.97 Å². The zero-order valence-corrected chi connectivity index (χ0v) is 21.5. The monoisotopic (exact) mass is 517 g/mol. The standard InChI is InChI=1S/C28H27N3O5S/c1-3-31-26(32)25(17-22-9-11-24(36-22)23-10-4-19(27(33)34)16-18(23)2)37-28(31)29-20-5-7-21(8-6-20)30-12-14-35-15-13-30/h4-11,16-17H,3,12-15H2,1-2H3,(H,33,34)/b25-17-,29-28?. The summed E-state index contributed by atoms with van der Waals surface area (Å²) in [5, 5.41) is 9.83. The first-order chi connectivity index (χ1) is 17.9. The molecule has 2 aromatic carbocycles. The van der Waals surface area contributed by atoms with Crippen molar-refractivity contribution in [3.63, 3.8) is 0 Å². The van der Waals surface area contributed by atoms with Crippen LogP contribution in [0.1, 0.15) is 28.6 Å². The number of thioether (sulfide) groups is 1. The van der Waals surface area contributed by atoms with Crippen LogP contribution in [0.25, 0.3) is 17.4 Å². The van der Waals surface area contributed by atoms with Crippen LogP contribution in [-0.2, 0) is 9.53 Å². The Hall–Kier alpha value is -3.82. The number of anilines is 1. The molecule has 2 aliphatic heterocycles. The van der Waals surface area contributed by atoms with E-state index in [1.165, 1.54) is 11.8 Å². The fourth-order valence-corrected chi connectivity index (χ4v) is 5.36. The molecule has 8 nitrogen and oxygen atoms in total. The first-order valence-electron chi connectivity index (χ1n) is 12.1. The number of carbonyl (C=O) groups excluding carboxylic acids is 1. The minimum Gasteiger partial charge on any atom is -0.478 e. The molecule has 0 saturated carbocycles. The first kappa shape index (κ1) is 24.9. The van der Waals surface area contributed by atoms with Crippen molar-refractivity contribution >= 4 is 46.3 Å². The molecular weight excluding hydrogens is 490 g/mol. The number of carboxylic acid groups (broad SMARTS) is 1. The quantitative estimate of drug-likeness (QED) is 0.437. The molecule has 3 aromatic rings. The molecule has 5 rings (SSSR count). The summed E-state index contributed by atoms with van der Waals surface area (Å²) in [4.78, 5) is 33.5. The molecule has 1 amide bonds. The Labute approximate surface area is 219 Å². The van der Waals surface area contributed by atoms with E-state index >= 15 is 0 Å². The SMILES string of the molecule is CCN1C(=O)/C(=C/c2ccc(-c3ccc(C(=O)O)cc3C)o2)SC1=Nc1ccc(N2CCOCC2)cc1. The molecule has 0 unspecified atom stereocenters. The number of amides is 1. The number of nitrogens with zero attached hydrogens (tertiary/aromatic N) is 3. The topological polar surface area (TPSA) is 95.6 Å². The third-order valence-electron chi connectivity index (χ3n) is 6.29. The van der Waals surface area contributed by atoms with Gasteiger partial charge in [-0.15, -0.1) is 0 Å². The lowest BCUT2D eigenvalue weighted by atomic mass is 10.0. The lowest BCUT2D eigenvalue weighted by Gasteiger charge is -2.28. The molecule has 0 bridgehead atoms. The molecule has 1 aromatic heterocycles. The van der Waals surface area contributed by atoms with Gasteiger partial charge in [-0.3, -0.25) is 9.69 Å². The summed E-state index contributed by atoms with van der Waals surface area (Å²) in [6.07, 6.45) is 1.73. The first-order valence-corrected chi connectivity index (χ1v) is 12.9. The predicted octanol–water partition coefficient (Wildman–Crippen LogP) is 5.41. The van der Waals surface area contributed by atoms with E-state index in [1.54, 1.807) is 35.2 Å². The van der Waals surface area contributed by atoms with Crippen LogP contribution in [0.3, 0.4) is 0 Å². The average Bonchev–Trinajstić information content (AvgIpc) is 3.48. The summed E-state index contributed by atoms with van der Waals surface area (Å²) in [5.74, 6) is 0.0662. The summed E-state index contributed by atoms with van der Waals surface area (Å²) in [5.41, 5.74) is 3.75. The zero-order valence-electron chi connectivity index (χ0n) is 20.6. The lowest BCUT2D eigenvalue weighted by Crippen LogP contribution is -2.36. The van der Waals surface area contributed by atoms with Crippen molar-refractivity contribution in [3.05, 3.63) is 76.4 Å². The van der Waals surface area contributed by atoms with Gasteiger partial charge in [0.1, 0.15) is 11.5 Å². The number of hydrogen-bond donors (Lipinski definition) is 1. The Bertz CT molecular complexity index is 1390. The van der Waals surface area contributed by atoms with E-state index in [9.17, 15) is 14.7 Å². The molecular formula is C28H27N3O5S. The fraction of sp³-hybridized carbons (Fsp3) is 0.250. The Kier molecular flexibility index (Phi) is 7.16. The number of amidine groups is 1. The van der Waals surface area contributed by atoms with Crippen LogP contribution < -0.4 is 4.90 Å². The molecule has 2 saturated heterocycles. The number of likely N-dealkylation sites (N-methyl/N-ethyl adjacent to an activating group) is 1. The van der Waals surface area contributed by atoms with E-state index in [0.29, 0.717) is 28.1 Å². The average molecular weight is 518 g/mol. The molecule has 0 atom stereocenters. The van der Waals surface area contributed by atoms with Crippen LogP contribution in [0.2, 0.25) is 0 Å². The molecule has 9 heteroatoms. The van der Waals surface area contributed by atoms with E-state index < -0.39 is 5.97 Å². The summed E-state index contributed by atoms with van der Waals surface area (Å²) in [7, 11) is 0. The molecule has 0 spiro atoms. The molecule has 2 aliphatic rings. The maximum atomic E-state index is 13.1. The summed E-state index contributed by atoms with van der Waals surface area (Å²) < 4.78 is 11.4. The molecule has 2 fully saturated rings. The van der Waals surface area contributed by atoms with E-state index in [-0.39, 0.29) is 11.5 Å². The van der Waals surface area contributed by atoms with Crippen molar-refractivity contribution in [3.8, 4) is 11.3 Å². The number of benzene rings is 2. The Morgan fingerprint density at radius 3 is 2.54 bits per heavy atom. The van der Waals surface area contributed by atoms with Crippen LogP contribution in [0.15, 0.2) is 68.9 Å². The summed E-state index contributed by atoms with van der Waals surface area (Å²) >= 11 is 1.32. The smallest absolute Gasteiger partial charge is 0.335 e. The number of carboxylic acids is 1. The number of aliphatic imine (C=N–C) groups is 1. The highest BCUT2D eigenvalue weighted by molar-refractivity contribution is 8.18. The Morgan fingerprint density at radius 1 is 1.11 bits per heavy atom. The van der Waals surface area contributed by atoms with Crippen LogP contribution in [0.4, 0.5) is 11.4 Å². The van der Waals surface area contributed by atoms with Gasteiger partial charge < -0.3 is 19.2 Å². The van der Waals surface area contributed by atoms with Crippen molar-refractivity contribution in [1.29, 1.82) is 0 Å². The highest BCUT2D eigenvalue weighted by Gasteiger charge is 2.32. The van der Waals surface area contributed by atoms with Crippen LogP contribution >= 0.6 is 11.8 Å². The van der Waals surface area contributed by atoms with Gasteiger partial charge in [-0.2, -0.15) is 0 Å². The number of aromatic carboxylic acids is 1. The molecule has 37 heavy (non-hydrogen) atoms. The number of hydrogen-bond acceptors (Lipinski definition) is 7. The number of carbonyl (C=O) groups is 2. The van der Waals surface area contributed by atoms with Crippen LogP contribution in [0, 0.1) is 6.92 Å². The van der Waals surface area contributed by atoms with Gasteiger partial charge in [0.25, 0.3) is 5.91 Å². The summed E-state index contributed by atoms with van der Waals surface area (Å²) in [6, 6.07) is 16.6. The van der Waals surface area contributed by atoms with Gasteiger partial charge in [0.15, 0.2) is 5.17 Å². The lowest BCUT2D eigenvalue weighted by molar-refractivity contribution is -0.122. The van der Waals surface area contributed by atoms with Crippen molar-refractivity contribution in [2.75, 3.05) is 37.7 Å². The van der Waals surface area contributed by atoms with Gasteiger partial charge in [-0.25, -0.2) is 9.79 Å². The van der Waals surface area contributed by atoms with Gasteiger partial charge in [0, 0.05) is 37.0 Å². The van der Waals surface area contributed by atoms with Gasteiger partial charge in [-0.1, -0.05) is 6.07 Å². The van der Waals surface area contributed by atoms with Crippen molar-refractivity contribution in [2.24, 2.45) is 4.99 Å². The number of morpholine rings is 1. The van der Waals surface area contributed by atoms with Crippen molar-refractivity contribution in [1.82, 2.24) is 4.90 Å². The van der Waals surface area contributed by atoms with E-state index in [1.807, 2.05) is 32.0 Å². The number of furan rings is 1. The molecule has 0 aliphatic carbocycles. The molecule has 190 valence electrons. The van der Waals surface area contributed by atoms with Crippen LogP contribution in [-0.4, -0.2) is 59.9 Å². The van der Waals surface area contributed by atoms with Crippen molar-refractivity contribution < 1.29 is 23.8 Å². The second-order valence-electron chi connectivity index (χ2n) is 8.71. The normalized spacial score (nSPS) is 18.3. The second kappa shape index (κ2) is 10.7. The van der Waals surface area contributed by atoms with Gasteiger partial charge in [0.2, 0.25) is 0 Å². The van der Waals surface area contributed by atoms with E-state index in [0.717, 1.165) is 48.8 Å². The number of rotatable bonds is 6. The van der Waals surface area contributed by atoms with E-state index in [4.69, 9.17) is 14.1 Å². The minimum atomic E-state index is -0.970. The molecule has 0 radical (unpaired) electrons. The predicted molar refractivity (Wildman–Crippen MR) is 145 cm³/mol. The van der Waals surface area contributed by atoms with Crippen molar-refractivity contribution in [2.45, 2.75) is 13.8 Å². The van der Waals surface area contributed by atoms with Gasteiger partial charge in [-0.05, 0) is 79.7 Å². The second-order valence-corrected chi connectivity index (χ2v) is 9.72.